The van der Waals surface area contributed by atoms with Gasteiger partial charge in [-0.1, -0.05) is 11.6 Å². The van der Waals surface area contributed by atoms with Crippen molar-refractivity contribution in [1.82, 2.24) is 5.43 Å². The molecule has 0 saturated carbocycles. The fraction of sp³-hybridized carbons (Fsp3) is 0.125. The van der Waals surface area contributed by atoms with E-state index >= 15 is 0 Å². The van der Waals surface area contributed by atoms with Crippen LogP contribution in [0.4, 0.5) is 5.69 Å². The zero-order valence-corrected chi connectivity index (χ0v) is 14.7. The number of methoxy groups -OCH3 is 1. The SMILES string of the molecule is COc1ccc(/C=N\NC(=O)CNc2ccc(Cl)cc2)cc1Br. The van der Waals surface area contributed by atoms with Crippen molar-refractivity contribution in [2.24, 2.45) is 5.10 Å². The average Bonchev–Trinajstić information content (AvgIpc) is 2.54. The molecule has 120 valence electrons. The molecule has 0 fully saturated rings. The van der Waals surface area contributed by atoms with Crippen LogP contribution < -0.4 is 15.5 Å². The van der Waals surface area contributed by atoms with Crippen LogP contribution in [-0.4, -0.2) is 25.8 Å². The standard InChI is InChI=1S/C16H15BrClN3O2/c1-23-15-7-2-11(8-14(15)17)9-20-21-16(22)10-19-13-5-3-12(18)4-6-13/h2-9,19H,10H2,1H3,(H,21,22)/b20-9-. The Morgan fingerprint density at radius 1 is 1.30 bits per heavy atom. The van der Waals surface area contributed by atoms with Gasteiger partial charge in [-0.3, -0.25) is 4.79 Å². The van der Waals surface area contributed by atoms with Gasteiger partial charge in [-0.15, -0.1) is 0 Å². The van der Waals surface area contributed by atoms with Crippen LogP contribution in [0.15, 0.2) is 52.0 Å². The van der Waals surface area contributed by atoms with E-state index in [9.17, 15) is 4.79 Å². The number of anilines is 1. The highest BCUT2D eigenvalue weighted by Crippen LogP contribution is 2.24. The maximum absolute atomic E-state index is 11.7. The minimum atomic E-state index is -0.247. The van der Waals surface area contributed by atoms with E-state index in [4.69, 9.17) is 16.3 Å². The molecule has 0 aliphatic heterocycles. The van der Waals surface area contributed by atoms with Crippen molar-refractivity contribution in [1.29, 1.82) is 0 Å². The highest BCUT2D eigenvalue weighted by Gasteiger charge is 2.01. The summed E-state index contributed by atoms with van der Waals surface area (Å²) in [4.78, 5) is 11.7. The molecule has 7 heteroatoms. The molecule has 2 N–H and O–H groups in total. The zero-order chi connectivity index (χ0) is 16.7. The van der Waals surface area contributed by atoms with Gasteiger partial charge in [-0.25, -0.2) is 5.43 Å². The van der Waals surface area contributed by atoms with Crippen molar-refractivity contribution in [3.63, 3.8) is 0 Å². The van der Waals surface area contributed by atoms with E-state index in [-0.39, 0.29) is 12.5 Å². The Morgan fingerprint density at radius 2 is 2.04 bits per heavy atom. The van der Waals surface area contributed by atoms with Gasteiger partial charge in [0.2, 0.25) is 0 Å². The molecule has 0 aromatic heterocycles. The number of amides is 1. The second-order valence-corrected chi connectivity index (χ2v) is 5.84. The van der Waals surface area contributed by atoms with Crippen LogP contribution in [0.1, 0.15) is 5.56 Å². The van der Waals surface area contributed by atoms with E-state index in [0.717, 1.165) is 21.5 Å². The molecule has 0 unspecified atom stereocenters. The predicted molar refractivity (Wildman–Crippen MR) is 96.4 cm³/mol. The Morgan fingerprint density at radius 3 is 2.70 bits per heavy atom. The van der Waals surface area contributed by atoms with Crippen LogP contribution in [0.25, 0.3) is 0 Å². The average molecular weight is 397 g/mol. The normalized spacial score (nSPS) is 10.6. The van der Waals surface area contributed by atoms with Gasteiger partial charge >= 0.3 is 0 Å². The van der Waals surface area contributed by atoms with E-state index < -0.39 is 0 Å². The summed E-state index contributed by atoms with van der Waals surface area (Å²) in [5, 5.41) is 7.54. The van der Waals surface area contributed by atoms with Crippen molar-refractivity contribution < 1.29 is 9.53 Å². The topological polar surface area (TPSA) is 62.7 Å². The monoisotopic (exact) mass is 395 g/mol. The van der Waals surface area contributed by atoms with Crippen LogP contribution in [0.3, 0.4) is 0 Å². The fourth-order valence-electron chi connectivity index (χ4n) is 1.73. The first-order valence-corrected chi connectivity index (χ1v) is 7.90. The summed E-state index contributed by atoms with van der Waals surface area (Å²) in [6.07, 6.45) is 1.56. The molecule has 0 aliphatic carbocycles. The molecule has 0 atom stereocenters. The summed E-state index contributed by atoms with van der Waals surface area (Å²) in [6.45, 7) is 0.116. The lowest BCUT2D eigenvalue weighted by molar-refractivity contribution is -0.119. The Bertz CT molecular complexity index is 705. The first kappa shape index (κ1) is 17.3. The van der Waals surface area contributed by atoms with Gasteiger partial charge in [0.05, 0.1) is 24.3 Å². The summed E-state index contributed by atoms with van der Waals surface area (Å²) in [5.41, 5.74) is 4.11. The molecule has 0 bridgehead atoms. The highest BCUT2D eigenvalue weighted by atomic mass is 79.9. The number of halogens is 2. The van der Waals surface area contributed by atoms with Crippen LogP contribution in [-0.2, 0) is 4.79 Å². The second kappa shape index (κ2) is 8.55. The number of carbonyl (C=O) groups is 1. The Kier molecular flexibility index (Phi) is 6.43. The molecule has 0 saturated heterocycles. The Hall–Kier alpha value is -2.05. The van der Waals surface area contributed by atoms with Crippen molar-refractivity contribution in [3.8, 4) is 5.75 Å². The van der Waals surface area contributed by atoms with Crippen molar-refractivity contribution in [3.05, 3.63) is 57.5 Å². The molecule has 2 aromatic carbocycles. The Labute approximate surface area is 147 Å². The van der Waals surface area contributed by atoms with Crippen LogP contribution >= 0.6 is 27.5 Å². The summed E-state index contributed by atoms with van der Waals surface area (Å²) >= 11 is 9.18. The number of ether oxygens (including phenoxy) is 1. The second-order valence-electron chi connectivity index (χ2n) is 4.55. The lowest BCUT2D eigenvalue weighted by Crippen LogP contribution is -2.25. The van der Waals surface area contributed by atoms with Crippen molar-refractivity contribution >= 4 is 45.3 Å². The molecule has 0 radical (unpaired) electrons. The molecule has 2 aromatic rings. The molecular formula is C16H15BrClN3O2. The number of nitrogens with zero attached hydrogens (tertiary/aromatic N) is 1. The molecule has 2 rings (SSSR count). The quantitative estimate of drug-likeness (QED) is 0.578. The van der Waals surface area contributed by atoms with Crippen molar-refractivity contribution in [2.45, 2.75) is 0 Å². The first-order valence-electron chi connectivity index (χ1n) is 6.73. The van der Waals surface area contributed by atoms with Crippen LogP contribution in [0, 0.1) is 0 Å². The zero-order valence-electron chi connectivity index (χ0n) is 12.3. The number of carbonyl (C=O) groups excluding carboxylic acids is 1. The molecule has 5 nitrogen and oxygen atoms in total. The molecule has 0 aliphatic rings. The summed E-state index contributed by atoms with van der Waals surface area (Å²) in [6, 6.07) is 12.6. The maximum atomic E-state index is 11.7. The predicted octanol–water partition coefficient (Wildman–Crippen LogP) is 3.67. The van der Waals surface area contributed by atoms with Gasteiger partial charge < -0.3 is 10.1 Å². The van der Waals surface area contributed by atoms with Gasteiger partial charge in [0.1, 0.15) is 5.75 Å². The number of benzene rings is 2. The maximum Gasteiger partial charge on any atom is 0.259 e. The van der Waals surface area contributed by atoms with Gasteiger partial charge in [-0.05, 0) is 64.0 Å². The summed E-state index contributed by atoms with van der Waals surface area (Å²) in [5.74, 6) is 0.488. The lowest BCUT2D eigenvalue weighted by Gasteiger charge is -2.05. The smallest absolute Gasteiger partial charge is 0.259 e. The number of rotatable bonds is 6. The number of hydrazone groups is 1. The Balaban J connectivity index is 1.81. The van der Waals surface area contributed by atoms with Crippen molar-refractivity contribution in [2.75, 3.05) is 19.0 Å². The third-order valence-corrected chi connectivity index (χ3v) is 3.75. The van der Waals surface area contributed by atoms with Gasteiger partial charge in [0, 0.05) is 10.7 Å². The number of nitrogens with one attached hydrogen (secondary N) is 2. The van der Waals surface area contributed by atoms with E-state index in [2.05, 4.69) is 31.8 Å². The van der Waals surface area contributed by atoms with Crippen LogP contribution in [0.5, 0.6) is 5.75 Å². The number of hydrogen-bond donors (Lipinski definition) is 2. The van der Waals surface area contributed by atoms with E-state index in [1.165, 1.54) is 0 Å². The summed E-state index contributed by atoms with van der Waals surface area (Å²) in [7, 11) is 1.60. The third kappa shape index (κ3) is 5.58. The van der Waals surface area contributed by atoms with Gasteiger partial charge in [0.25, 0.3) is 5.91 Å². The molecule has 0 heterocycles. The van der Waals surface area contributed by atoms with E-state index in [1.54, 1.807) is 37.6 Å². The first-order chi connectivity index (χ1) is 11.1. The van der Waals surface area contributed by atoms with E-state index in [1.807, 2.05) is 18.2 Å². The minimum Gasteiger partial charge on any atom is -0.496 e. The molecule has 23 heavy (non-hydrogen) atoms. The third-order valence-electron chi connectivity index (χ3n) is 2.88. The molecule has 0 spiro atoms. The molecular weight excluding hydrogens is 382 g/mol. The molecule has 1 amide bonds. The highest BCUT2D eigenvalue weighted by molar-refractivity contribution is 9.10. The van der Waals surface area contributed by atoms with Crippen LogP contribution in [0.2, 0.25) is 5.02 Å². The largest absolute Gasteiger partial charge is 0.496 e. The number of hydrogen-bond acceptors (Lipinski definition) is 4. The van der Waals surface area contributed by atoms with E-state index in [0.29, 0.717) is 5.02 Å². The fourth-order valence-corrected chi connectivity index (χ4v) is 2.42. The van der Waals surface area contributed by atoms with Gasteiger partial charge in [0.15, 0.2) is 0 Å². The van der Waals surface area contributed by atoms with Gasteiger partial charge in [-0.2, -0.15) is 5.10 Å². The minimum absolute atomic E-state index is 0.116. The lowest BCUT2D eigenvalue weighted by atomic mass is 10.2. The summed E-state index contributed by atoms with van der Waals surface area (Å²) < 4.78 is 5.97.